The zero-order valence-corrected chi connectivity index (χ0v) is 17.5. The average Bonchev–Trinajstić information content (AvgIpc) is 2.65. The molecule has 0 saturated heterocycles. The number of aliphatic hydroxyl groups is 1. The molecule has 2 amide bonds. The number of hydrogen-bond donors (Lipinski definition) is 5. The molecular weight excluding hydrogens is 360 g/mol. The third-order valence-electron chi connectivity index (χ3n) is 5.65. The molecule has 8 heteroatoms. The van der Waals surface area contributed by atoms with Gasteiger partial charge >= 0.3 is 0 Å². The molecule has 1 rings (SSSR count). The minimum Gasteiger partial charge on any atom is -0.391 e. The Bertz CT molecular complexity index is 530. The first-order chi connectivity index (χ1) is 13.2. The van der Waals surface area contributed by atoms with Crippen LogP contribution < -0.4 is 22.1 Å². The maximum atomic E-state index is 12.7. The van der Waals surface area contributed by atoms with Gasteiger partial charge in [0, 0.05) is 12.3 Å². The Morgan fingerprint density at radius 1 is 1.04 bits per heavy atom. The Labute approximate surface area is 168 Å². The van der Waals surface area contributed by atoms with Gasteiger partial charge in [0.2, 0.25) is 11.8 Å². The Kier molecular flexibility index (Phi) is 10.1. The van der Waals surface area contributed by atoms with Crippen LogP contribution in [0.25, 0.3) is 0 Å². The summed E-state index contributed by atoms with van der Waals surface area (Å²) in [6.45, 7) is 5.61. The van der Waals surface area contributed by atoms with Crippen molar-refractivity contribution >= 4 is 17.6 Å². The van der Waals surface area contributed by atoms with Gasteiger partial charge in [-0.2, -0.15) is 0 Å². The molecule has 0 aromatic carbocycles. The van der Waals surface area contributed by atoms with E-state index in [0.29, 0.717) is 13.0 Å². The number of carbonyl (C=O) groups is 3. The highest BCUT2D eigenvalue weighted by molar-refractivity contribution is 5.93. The van der Waals surface area contributed by atoms with Crippen molar-refractivity contribution in [1.29, 1.82) is 0 Å². The number of aliphatic hydroxyl groups excluding tert-OH is 1. The fourth-order valence-electron chi connectivity index (χ4n) is 3.84. The number of nitrogens with two attached hydrogens (primary N) is 2. The van der Waals surface area contributed by atoms with Crippen LogP contribution in [0.15, 0.2) is 0 Å². The molecule has 8 nitrogen and oxygen atoms in total. The van der Waals surface area contributed by atoms with Crippen LogP contribution in [-0.2, 0) is 14.4 Å². The van der Waals surface area contributed by atoms with E-state index < -0.39 is 24.1 Å². The first kappa shape index (κ1) is 24.5. The van der Waals surface area contributed by atoms with Crippen molar-refractivity contribution in [3.8, 4) is 0 Å². The summed E-state index contributed by atoms with van der Waals surface area (Å²) >= 11 is 0. The van der Waals surface area contributed by atoms with Crippen molar-refractivity contribution < 1.29 is 19.5 Å². The van der Waals surface area contributed by atoms with Gasteiger partial charge in [0.05, 0.1) is 12.1 Å². The van der Waals surface area contributed by atoms with Crippen molar-refractivity contribution in [3.05, 3.63) is 0 Å². The number of Topliss-reactive ketones (excluding diaryl/α,β-unsaturated/α-hetero) is 1. The van der Waals surface area contributed by atoms with E-state index in [4.69, 9.17) is 11.5 Å². The third-order valence-corrected chi connectivity index (χ3v) is 5.65. The smallest absolute Gasteiger partial charge is 0.245 e. The van der Waals surface area contributed by atoms with Gasteiger partial charge in [-0.3, -0.25) is 14.4 Å². The van der Waals surface area contributed by atoms with E-state index >= 15 is 0 Å². The quantitative estimate of drug-likeness (QED) is 0.336. The molecule has 3 atom stereocenters. The van der Waals surface area contributed by atoms with Crippen LogP contribution in [0.3, 0.4) is 0 Å². The van der Waals surface area contributed by atoms with Gasteiger partial charge in [0.15, 0.2) is 5.78 Å². The van der Waals surface area contributed by atoms with E-state index in [-0.39, 0.29) is 36.0 Å². The highest BCUT2D eigenvalue weighted by atomic mass is 16.3. The fraction of sp³-hybridized carbons (Fsp3) is 0.850. The third kappa shape index (κ3) is 7.14. The molecule has 7 N–H and O–H groups in total. The molecule has 0 radical (unpaired) electrons. The number of hydrogen-bond acceptors (Lipinski definition) is 6. The zero-order valence-electron chi connectivity index (χ0n) is 17.5. The van der Waals surface area contributed by atoms with Gasteiger partial charge in [-0.05, 0) is 44.7 Å². The predicted octanol–water partition coefficient (Wildman–Crippen LogP) is 0.210. The number of amides is 2. The lowest BCUT2D eigenvalue weighted by molar-refractivity contribution is -0.135. The van der Waals surface area contributed by atoms with Gasteiger partial charge in [-0.1, -0.05) is 33.1 Å². The molecule has 1 aliphatic carbocycles. The minimum absolute atomic E-state index is 0.126. The lowest BCUT2D eigenvalue weighted by atomic mass is 9.71. The second-order valence-corrected chi connectivity index (χ2v) is 8.42. The molecule has 1 saturated carbocycles. The van der Waals surface area contributed by atoms with Crippen molar-refractivity contribution in [2.75, 3.05) is 13.1 Å². The maximum absolute atomic E-state index is 12.7. The zero-order chi connectivity index (χ0) is 21.3. The average molecular weight is 399 g/mol. The van der Waals surface area contributed by atoms with E-state index in [2.05, 4.69) is 10.6 Å². The number of ketones is 1. The molecule has 0 aromatic rings. The predicted molar refractivity (Wildman–Crippen MR) is 108 cm³/mol. The van der Waals surface area contributed by atoms with Crippen LogP contribution in [0, 0.1) is 11.3 Å². The molecular formula is C20H38N4O4. The first-order valence-electron chi connectivity index (χ1n) is 10.4. The number of carbonyl (C=O) groups excluding carboxylic acids is 3. The lowest BCUT2D eigenvalue weighted by Gasteiger charge is -2.36. The SMILES string of the molecule is CC(C)C(=O)[C@H](CCN)NC(=O)[C@@H](NC(=O)CC1(CN)CCCCC1)C(C)O. The van der Waals surface area contributed by atoms with Crippen molar-refractivity contribution in [1.82, 2.24) is 10.6 Å². The highest BCUT2D eigenvalue weighted by Gasteiger charge is 2.35. The summed E-state index contributed by atoms with van der Waals surface area (Å²) in [4.78, 5) is 37.6. The molecule has 162 valence electrons. The normalized spacial score (nSPS) is 19.5. The summed E-state index contributed by atoms with van der Waals surface area (Å²) < 4.78 is 0. The Balaban J connectivity index is 2.78. The van der Waals surface area contributed by atoms with Gasteiger partial charge in [0.25, 0.3) is 0 Å². The molecule has 0 aliphatic heterocycles. The maximum Gasteiger partial charge on any atom is 0.245 e. The highest BCUT2D eigenvalue weighted by Crippen LogP contribution is 2.38. The van der Waals surface area contributed by atoms with Crippen molar-refractivity contribution in [3.63, 3.8) is 0 Å². The summed E-state index contributed by atoms with van der Waals surface area (Å²) in [7, 11) is 0. The van der Waals surface area contributed by atoms with Crippen molar-refractivity contribution in [2.45, 2.75) is 83.9 Å². The van der Waals surface area contributed by atoms with Crippen LogP contribution in [0.2, 0.25) is 0 Å². The molecule has 28 heavy (non-hydrogen) atoms. The van der Waals surface area contributed by atoms with Crippen LogP contribution in [0.5, 0.6) is 0 Å². The van der Waals surface area contributed by atoms with Gasteiger partial charge < -0.3 is 27.2 Å². The summed E-state index contributed by atoms with van der Waals surface area (Å²) in [5, 5.41) is 15.3. The van der Waals surface area contributed by atoms with Crippen LogP contribution in [0.1, 0.15) is 65.7 Å². The summed E-state index contributed by atoms with van der Waals surface area (Å²) in [6.07, 6.45) is 4.46. The molecule has 0 bridgehead atoms. The number of rotatable bonds is 11. The van der Waals surface area contributed by atoms with Crippen LogP contribution in [0.4, 0.5) is 0 Å². The Hall–Kier alpha value is -1.51. The second kappa shape index (κ2) is 11.5. The lowest BCUT2D eigenvalue weighted by Crippen LogP contribution is -2.57. The van der Waals surface area contributed by atoms with Gasteiger partial charge in [0.1, 0.15) is 6.04 Å². The number of nitrogens with one attached hydrogen (secondary N) is 2. The van der Waals surface area contributed by atoms with Crippen LogP contribution in [-0.4, -0.2) is 54.0 Å². The molecule has 1 fully saturated rings. The summed E-state index contributed by atoms with van der Waals surface area (Å²) in [6, 6.07) is -1.87. The van der Waals surface area contributed by atoms with Gasteiger partial charge in [-0.15, -0.1) is 0 Å². The first-order valence-corrected chi connectivity index (χ1v) is 10.4. The standard InChI is InChI=1S/C20H38N4O4/c1-13(2)18(27)15(7-10-21)23-19(28)17(14(3)25)24-16(26)11-20(12-22)8-5-4-6-9-20/h13-15,17,25H,4-12,21-22H2,1-3H3,(H,23,28)(H,24,26)/t14?,15-,17-/m0/s1. The summed E-state index contributed by atoms with van der Waals surface area (Å²) in [5.74, 6) is -1.27. The largest absolute Gasteiger partial charge is 0.391 e. The van der Waals surface area contributed by atoms with Crippen molar-refractivity contribution in [2.24, 2.45) is 22.8 Å². The van der Waals surface area contributed by atoms with E-state index in [1.54, 1.807) is 13.8 Å². The minimum atomic E-state index is -1.13. The van der Waals surface area contributed by atoms with E-state index in [1.165, 1.54) is 6.92 Å². The molecule has 0 heterocycles. The monoisotopic (exact) mass is 398 g/mol. The fourth-order valence-corrected chi connectivity index (χ4v) is 3.84. The molecule has 1 aliphatic rings. The topological polar surface area (TPSA) is 148 Å². The van der Waals surface area contributed by atoms with E-state index in [1.807, 2.05) is 0 Å². The van der Waals surface area contributed by atoms with E-state index in [0.717, 1.165) is 32.1 Å². The Morgan fingerprint density at radius 3 is 2.11 bits per heavy atom. The molecule has 1 unspecified atom stereocenters. The Morgan fingerprint density at radius 2 is 1.64 bits per heavy atom. The van der Waals surface area contributed by atoms with Crippen LogP contribution >= 0.6 is 0 Å². The van der Waals surface area contributed by atoms with Gasteiger partial charge in [-0.25, -0.2) is 0 Å². The van der Waals surface area contributed by atoms with E-state index in [9.17, 15) is 19.5 Å². The second-order valence-electron chi connectivity index (χ2n) is 8.42. The molecule has 0 aromatic heterocycles. The summed E-state index contributed by atoms with van der Waals surface area (Å²) in [5.41, 5.74) is 11.3. The molecule has 0 spiro atoms.